The van der Waals surface area contributed by atoms with Gasteiger partial charge in [-0.05, 0) is 11.5 Å². The van der Waals surface area contributed by atoms with Crippen molar-refractivity contribution < 1.29 is 9.94 Å². The number of amidine groups is 1. The zero-order valence-electron chi connectivity index (χ0n) is 11.0. The minimum atomic E-state index is -0.120. The molecule has 3 aromatic rings. The van der Waals surface area contributed by atoms with E-state index < -0.39 is 0 Å². The van der Waals surface area contributed by atoms with Crippen molar-refractivity contribution in [2.45, 2.75) is 0 Å². The third kappa shape index (κ3) is 2.59. The second-order valence-corrected chi connectivity index (χ2v) is 4.31. The summed E-state index contributed by atoms with van der Waals surface area (Å²) in [6, 6.07) is 13.6. The van der Waals surface area contributed by atoms with Crippen molar-refractivity contribution in [3.63, 3.8) is 0 Å². The molecular weight excluding hydrogens is 268 g/mol. The van der Waals surface area contributed by atoms with E-state index >= 15 is 0 Å². The quantitative estimate of drug-likeness (QED) is 0.333. The van der Waals surface area contributed by atoms with Crippen molar-refractivity contribution in [2.75, 3.05) is 0 Å². The topological polar surface area (TPSA) is 93.6 Å². The highest BCUT2D eigenvalue weighted by Gasteiger charge is 2.07. The fraction of sp³-hybridized carbons (Fsp3) is 0. The number of aromatic nitrogens is 2. The van der Waals surface area contributed by atoms with Crippen molar-refractivity contribution in [3.05, 3.63) is 60.6 Å². The van der Waals surface area contributed by atoms with Crippen molar-refractivity contribution in [2.24, 2.45) is 10.9 Å². The van der Waals surface area contributed by atoms with Gasteiger partial charge < -0.3 is 15.7 Å². The zero-order chi connectivity index (χ0) is 14.7. The van der Waals surface area contributed by atoms with E-state index in [-0.39, 0.29) is 17.4 Å². The Kier molecular flexibility index (Phi) is 3.34. The van der Waals surface area contributed by atoms with Crippen LogP contribution >= 0.6 is 0 Å². The summed E-state index contributed by atoms with van der Waals surface area (Å²) in [5.41, 5.74) is 5.73. The fourth-order valence-electron chi connectivity index (χ4n) is 1.97. The van der Waals surface area contributed by atoms with Crippen molar-refractivity contribution in [3.8, 4) is 11.6 Å². The maximum atomic E-state index is 8.66. The smallest absolute Gasteiger partial charge is 0.238 e. The fourth-order valence-corrected chi connectivity index (χ4v) is 1.97. The van der Waals surface area contributed by atoms with Crippen LogP contribution in [0.25, 0.3) is 10.8 Å². The summed E-state index contributed by atoms with van der Waals surface area (Å²) in [7, 11) is 0. The molecule has 3 rings (SSSR count). The van der Waals surface area contributed by atoms with Crippen LogP contribution in [-0.2, 0) is 0 Å². The Labute approximate surface area is 120 Å². The first kappa shape index (κ1) is 12.9. The average Bonchev–Trinajstić information content (AvgIpc) is 2.55. The van der Waals surface area contributed by atoms with Gasteiger partial charge in [-0.2, -0.15) is 0 Å². The maximum Gasteiger partial charge on any atom is 0.238 e. The van der Waals surface area contributed by atoms with E-state index in [4.69, 9.17) is 15.7 Å². The first-order valence-corrected chi connectivity index (χ1v) is 6.23. The molecule has 0 bridgehead atoms. The Hall–Kier alpha value is -3.15. The molecular formula is C15H12N4O2. The Bertz CT molecular complexity index is 812. The summed E-state index contributed by atoms with van der Waals surface area (Å²) in [6.45, 7) is 0. The van der Waals surface area contributed by atoms with Crippen LogP contribution in [0.3, 0.4) is 0 Å². The summed E-state index contributed by atoms with van der Waals surface area (Å²) < 4.78 is 5.76. The lowest BCUT2D eigenvalue weighted by molar-refractivity contribution is 0.318. The lowest BCUT2D eigenvalue weighted by Gasteiger charge is -2.08. The Morgan fingerprint density at radius 3 is 2.76 bits per heavy atom. The molecule has 6 heteroatoms. The second kappa shape index (κ2) is 5.46. The predicted molar refractivity (Wildman–Crippen MR) is 78.6 cm³/mol. The summed E-state index contributed by atoms with van der Waals surface area (Å²) >= 11 is 0. The van der Waals surface area contributed by atoms with Gasteiger partial charge in [0.05, 0.1) is 12.4 Å². The third-order valence-corrected chi connectivity index (χ3v) is 2.95. The molecule has 0 radical (unpaired) electrons. The van der Waals surface area contributed by atoms with E-state index in [0.717, 1.165) is 10.8 Å². The van der Waals surface area contributed by atoms with Gasteiger partial charge in [0.15, 0.2) is 5.84 Å². The molecule has 0 saturated heterocycles. The van der Waals surface area contributed by atoms with Gasteiger partial charge >= 0.3 is 0 Å². The lowest BCUT2D eigenvalue weighted by atomic mass is 10.1. The van der Waals surface area contributed by atoms with Crippen LogP contribution < -0.4 is 10.5 Å². The first-order valence-electron chi connectivity index (χ1n) is 6.23. The number of hydrogen-bond acceptors (Lipinski definition) is 5. The summed E-state index contributed by atoms with van der Waals surface area (Å²) in [6.07, 6.45) is 2.86. The van der Waals surface area contributed by atoms with Crippen LogP contribution in [0.5, 0.6) is 11.6 Å². The molecule has 6 nitrogen and oxygen atoms in total. The van der Waals surface area contributed by atoms with Crippen molar-refractivity contribution in [1.82, 2.24) is 9.97 Å². The first-order chi connectivity index (χ1) is 10.3. The highest BCUT2D eigenvalue weighted by atomic mass is 16.5. The highest BCUT2D eigenvalue weighted by Crippen LogP contribution is 2.28. The number of ether oxygens (including phenoxy) is 1. The molecule has 0 amide bonds. The molecule has 0 aliphatic heterocycles. The molecule has 2 aromatic carbocycles. The van der Waals surface area contributed by atoms with Gasteiger partial charge in [0.2, 0.25) is 5.88 Å². The number of oxime groups is 1. The number of benzene rings is 2. The Balaban J connectivity index is 1.99. The lowest BCUT2D eigenvalue weighted by Crippen LogP contribution is -2.15. The number of hydrogen-bond donors (Lipinski definition) is 2. The van der Waals surface area contributed by atoms with E-state index in [0.29, 0.717) is 5.75 Å². The SMILES string of the molecule is N/C(=N\O)c1cncc(Oc2cccc3ccccc23)n1. The van der Waals surface area contributed by atoms with Crippen LogP contribution in [0.2, 0.25) is 0 Å². The van der Waals surface area contributed by atoms with Crippen LogP contribution in [0.4, 0.5) is 0 Å². The zero-order valence-corrected chi connectivity index (χ0v) is 11.0. The normalized spacial score (nSPS) is 11.5. The molecule has 0 atom stereocenters. The monoisotopic (exact) mass is 280 g/mol. The van der Waals surface area contributed by atoms with Gasteiger partial charge in [0.1, 0.15) is 11.4 Å². The number of rotatable bonds is 3. The molecule has 0 aliphatic carbocycles. The van der Waals surface area contributed by atoms with Crippen LogP contribution in [0.15, 0.2) is 60.0 Å². The standard InChI is InChI=1S/C15H12N4O2/c16-15(19-20)12-8-17-9-14(18-12)21-13-7-3-5-10-4-1-2-6-11(10)13/h1-9,20H,(H2,16,19). The Morgan fingerprint density at radius 1 is 1.10 bits per heavy atom. The largest absolute Gasteiger partial charge is 0.437 e. The molecule has 0 fully saturated rings. The molecule has 0 aliphatic rings. The number of fused-ring (bicyclic) bond motifs is 1. The van der Waals surface area contributed by atoms with Crippen LogP contribution in [0.1, 0.15) is 5.69 Å². The average molecular weight is 280 g/mol. The molecule has 21 heavy (non-hydrogen) atoms. The van der Waals surface area contributed by atoms with Gasteiger partial charge in [0.25, 0.3) is 0 Å². The number of nitrogens with zero attached hydrogens (tertiary/aromatic N) is 3. The highest BCUT2D eigenvalue weighted by molar-refractivity contribution is 5.95. The van der Waals surface area contributed by atoms with Gasteiger partial charge in [0, 0.05) is 5.39 Å². The second-order valence-electron chi connectivity index (χ2n) is 4.31. The molecule has 1 heterocycles. The minimum Gasteiger partial charge on any atom is -0.437 e. The van der Waals surface area contributed by atoms with E-state index in [1.807, 2.05) is 42.5 Å². The molecule has 1 aromatic heterocycles. The van der Waals surface area contributed by atoms with E-state index in [9.17, 15) is 0 Å². The van der Waals surface area contributed by atoms with E-state index in [1.165, 1.54) is 12.4 Å². The van der Waals surface area contributed by atoms with E-state index in [2.05, 4.69) is 15.1 Å². The van der Waals surface area contributed by atoms with Gasteiger partial charge in [-0.1, -0.05) is 41.6 Å². The van der Waals surface area contributed by atoms with Gasteiger partial charge in [-0.15, -0.1) is 0 Å². The summed E-state index contributed by atoms with van der Waals surface area (Å²) in [5.74, 6) is 0.820. The Morgan fingerprint density at radius 2 is 1.90 bits per heavy atom. The van der Waals surface area contributed by atoms with Crippen LogP contribution in [-0.4, -0.2) is 21.0 Å². The summed E-state index contributed by atoms with van der Waals surface area (Å²) in [4.78, 5) is 8.12. The van der Waals surface area contributed by atoms with Crippen molar-refractivity contribution >= 4 is 16.6 Å². The predicted octanol–water partition coefficient (Wildman–Crippen LogP) is 2.52. The van der Waals surface area contributed by atoms with E-state index in [1.54, 1.807) is 0 Å². The van der Waals surface area contributed by atoms with Crippen molar-refractivity contribution in [1.29, 1.82) is 0 Å². The molecule has 104 valence electrons. The summed E-state index contributed by atoms with van der Waals surface area (Å²) in [5, 5.41) is 13.6. The minimum absolute atomic E-state index is 0.120. The third-order valence-electron chi connectivity index (χ3n) is 2.95. The molecule has 0 spiro atoms. The van der Waals surface area contributed by atoms with Gasteiger partial charge in [-0.25, -0.2) is 4.98 Å². The molecule has 3 N–H and O–H groups in total. The number of nitrogens with two attached hydrogens (primary N) is 1. The maximum absolute atomic E-state index is 8.66. The molecule has 0 unspecified atom stereocenters. The molecule has 0 saturated carbocycles. The van der Waals surface area contributed by atoms with Crippen LogP contribution in [0, 0.1) is 0 Å². The van der Waals surface area contributed by atoms with Gasteiger partial charge in [-0.3, -0.25) is 4.98 Å².